The Balaban J connectivity index is 1.36. The van der Waals surface area contributed by atoms with Crippen LogP contribution >= 0.6 is 0 Å². The van der Waals surface area contributed by atoms with Gasteiger partial charge in [-0.25, -0.2) is 4.39 Å². The normalized spacial score (nSPS) is 26.3. The quantitative estimate of drug-likeness (QED) is 0.423. The Morgan fingerprint density at radius 1 is 0.933 bits per heavy atom. The summed E-state index contributed by atoms with van der Waals surface area (Å²) in [6.07, 6.45) is 16.4. The molecule has 1 nitrogen and oxygen atoms in total. The van der Waals surface area contributed by atoms with Gasteiger partial charge < -0.3 is 0 Å². The number of halogens is 1. The predicted octanol–water partition coefficient (Wildman–Crippen LogP) is 8.51. The lowest BCUT2D eigenvalue weighted by Gasteiger charge is -2.42. The molecule has 2 saturated carbocycles. The van der Waals surface area contributed by atoms with Crippen molar-refractivity contribution >= 4 is 10.8 Å². The molecule has 2 heteroatoms. The standard InChI is InChI=1S/C28H36FN/c1-2-3-4-5-6-7-20-8-10-23-16-24(13-12-22(23)14-20)26-17-25-11-9-21(19-30)15-27(25)28(29)18-26/h9,11,15,17-18,20,22-24H,2-8,10,12-14,16H2,1H3. The number of rotatable bonds is 7. The van der Waals surface area contributed by atoms with Crippen LogP contribution in [0.15, 0.2) is 30.3 Å². The van der Waals surface area contributed by atoms with E-state index in [0.29, 0.717) is 16.9 Å². The van der Waals surface area contributed by atoms with Gasteiger partial charge in [-0.3, -0.25) is 0 Å². The molecule has 2 aromatic rings. The Morgan fingerprint density at radius 2 is 1.73 bits per heavy atom. The smallest absolute Gasteiger partial charge is 0.131 e. The van der Waals surface area contributed by atoms with Gasteiger partial charge in [0, 0.05) is 5.39 Å². The minimum absolute atomic E-state index is 0.173. The molecule has 4 unspecified atom stereocenters. The number of nitriles is 1. The predicted molar refractivity (Wildman–Crippen MR) is 123 cm³/mol. The summed E-state index contributed by atoms with van der Waals surface area (Å²) in [6, 6.07) is 11.4. The minimum atomic E-state index is -0.173. The van der Waals surface area contributed by atoms with E-state index < -0.39 is 0 Å². The Bertz CT molecular complexity index is 895. The summed E-state index contributed by atoms with van der Waals surface area (Å²) in [7, 11) is 0. The summed E-state index contributed by atoms with van der Waals surface area (Å²) in [5.74, 6) is 3.01. The monoisotopic (exact) mass is 405 g/mol. The van der Waals surface area contributed by atoms with E-state index in [1.54, 1.807) is 18.2 Å². The Labute approximate surface area is 181 Å². The summed E-state index contributed by atoms with van der Waals surface area (Å²) in [4.78, 5) is 0. The maximum atomic E-state index is 14.8. The first-order chi connectivity index (χ1) is 14.7. The highest BCUT2D eigenvalue weighted by Crippen LogP contribution is 2.48. The molecule has 160 valence electrons. The van der Waals surface area contributed by atoms with Gasteiger partial charge in [-0.05, 0) is 84.9 Å². The van der Waals surface area contributed by atoms with Crippen LogP contribution in [0.5, 0.6) is 0 Å². The summed E-state index contributed by atoms with van der Waals surface area (Å²) in [6.45, 7) is 2.29. The van der Waals surface area contributed by atoms with Crippen molar-refractivity contribution in [2.45, 2.75) is 89.9 Å². The van der Waals surface area contributed by atoms with Crippen LogP contribution < -0.4 is 0 Å². The number of unbranched alkanes of at least 4 members (excludes halogenated alkanes) is 4. The molecule has 0 N–H and O–H groups in total. The molecule has 0 amide bonds. The first-order valence-electron chi connectivity index (χ1n) is 12.3. The van der Waals surface area contributed by atoms with Crippen LogP contribution in [0.2, 0.25) is 0 Å². The number of nitrogens with zero attached hydrogens (tertiary/aromatic N) is 1. The molecule has 4 atom stereocenters. The molecule has 30 heavy (non-hydrogen) atoms. The lowest BCUT2D eigenvalue weighted by atomic mass is 9.63. The molecule has 0 heterocycles. The highest BCUT2D eigenvalue weighted by atomic mass is 19.1. The molecule has 2 aromatic carbocycles. The SMILES string of the molecule is CCCCCCCC1CCC2CC(c3cc(F)c4cc(C#N)ccc4c3)CCC2C1. The summed E-state index contributed by atoms with van der Waals surface area (Å²) in [5, 5.41) is 10.6. The molecule has 2 fully saturated rings. The highest BCUT2D eigenvalue weighted by Gasteiger charge is 2.36. The molecule has 0 aliphatic heterocycles. The van der Waals surface area contributed by atoms with Crippen LogP contribution in [0.3, 0.4) is 0 Å². The topological polar surface area (TPSA) is 23.8 Å². The average Bonchev–Trinajstić information content (AvgIpc) is 2.78. The summed E-state index contributed by atoms with van der Waals surface area (Å²) >= 11 is 0. The fourth-order valence-corrected chi connectivity index (χ4v) is 6.23. The molecule has 0 saturated heterocycles. The Morgan fingerprint density at radius 3 is 2.57 bits per heavy atom. The van der Waals surface area contributed by atoms with Crippen LogP contribution in [0.4, 0.5) is 4.39 Å². The molecule has 0 spiro atoms. The van der Waals surface area contributed by atoms with E-state index >= 15 is 0 Å². The van der Waals surface area contributed by atoms with E-state index in [1.807, 2.05) is 6.07 Å². The molecule has 2 aliphatic rings. The van der Waals surface area contributed by atoms with Crippen molar-refractivity contribution in [2.75, 3.05) is 0 Å². The zero-order chi connectivity index (χ0) is 20.9. The van der Waals surface area contributed by atoms with Crippen molar-refractivity contribution in [1.29, 1.82) is 5.26 Å². The van der Waals surface area contributed by atoms with Crippen LogP contribution in [-0.4, -0.2) is 0 Å². The van der Waals surface area contributed by atoms with Gasteiger partial charge in [0.05, 0.1) is 11.6 Å². The number of benzene rings is 2. The van der Waals surface area contributed by atoms with E-state index in [2.05, 4.69) is 19.1 Å². The van der Waals surface area contributed by atoms with E-state index in [-0.39, 0.29) is 5.82 Å². The van der Waals surface area contributed by atoms with E-state index in [0.717, 1.165) is 23.1 Å². The zero-order valence-electron chi connectivity index (χ0n) is 18.5. The van der Waals surface area contributed by atoms with E-state index in [4.69, 9.17) is 5.26 Å². The second-order valence-electron chi connectivity index (χ2n) is 9.96. The molecule has 0 bridgehead atoms. The number of hydrogen-bond acceptors (Lipinski definition) is 1. The fourth-order valence-electron chi connectivity index (χ4n) is 6.23. The fraction of sp³-hybridized carbons (Fsp3) is 0.607. The van der Waals surface area contributed by atoms with E-state index in [9.17, 15) is 4.39 Å². The van der Waals surface area contributed by atoms with Crippen molar-refractivity contribution in [3.63, 3.8) is 0 Å². The lowest BCUT2D eigenvalue weighted by molar-refractivity contribution is 0.113. The third-order valence-electron chi connectivity index (χ3n) is 7.96. The molecule has 0 radical (unpaired) electrons. The van der Waals surface area contributed by atoms with Crippen molar-refractivity contribution in [2.24, 2.45) is 17.8 Å². The van der Waals surface area contributed by atoms with Gasteiger partial charge in [0.1, 0.15) is 5.82 Å². The van der Waals surface area contributed by atoms with Crippen molar-refractivity contribution < 1.29 is 4.39 Å². The third-order valence-corrected chi connectivity index (χ3v) is 7.96. The van der Waals surface area contributed by atoms with Gasteiger partial charge in [0.25, 0.3) is 0 Å². The maximum Gasteiger partial charge on any atom is 0.131 e. The summed E-state index contributed by atoms with van der Waals surface area (Å²) < 4.78 is 14.8. The van der Waals surface area contributed by atoms with Gasteiger partial charge in [0.15, 0.2) is 0 Å². The second kappa shape index (κ2) is 9.95. The Kier molecular flexibility index (Phi) is 7.08. The van der Waals surface area contributed by atoms with Gasteiger partial charge in [-0.15, -0.1) is 0 Å². The first kappa shape index (κ1) is 21.4. The number of hydrogen-bond donors (Lipinski definition) is 0. The third kappa shape index (κ3) is 4.88. The van der Waals surface area contributed by atoms with Gasteiger partial charge in [-0.2, -0.15) is 5.26 Å². The molecule has 0 aromatic heterocycles. The van der Waals surface area contributed by atoms with Crippen LogP contribution in [-0.2, 0) is 0 Å². The van der Waals surface area contributed by atoms with Crippen LogP contribution in [0, 0.1) is 34.9 Å². The highest BCUT2D eigenvalue weighted by molar-refractivity contribution is 5.85. The minimum Gasteiger partial charge on any atom is -0.206 e. The van der Waals surface area contributed by atoms with Crippen LogP contribution in [0.25, 0.3) is 10.8 Å². The van der Waals surface area contributed by atoms with Crippen molar-refractivity contribution in [1.82, 2.24) is 0 Å². The van der Waals surface area contributed by atoms with Gasteiger partial charge in [0.2, 0.25) is 0 Å². The molecular weight excluding hydrogens is 369 g/mol. The maximum absolute atomic E-state index is 14.8. The first-order valence-corrected chi connectivity index (χ1v) is 12.3. The molecular formula is C28H36FN. The molecule has 2 aliphatic carbocycles. The molecule has 4 rings (SSSR count). The Hall–Kier alpha value is -1.88. The zero-order valence-corrected chi connectivity index (χ0v) is 18.5. The number of fused-ring (bicyclic) bond motifs is 2. The second-order valence-corrected chi connectivity index (χ2v) is 9.96. The summed E-state index contributed by atoms with van der Waals surface area (Å²) in [5.41, 5.74) is 1.69. The van der Waals surface area contributed by atoms with Crippen LogP contribution in [0.1, 0.15) is 101 Å². The van der Waals surface area contributed by atoms with Gasteiger partial charge in [-0.1, -0.05) is 64.0 Å². The van der Waals surface area contributed by atoms with Gasteiger partial charge >= 0.3 is 0 Å². The largest absolute Gasteiger partial charge is 0.206 e. The van der Waals surface area contributed by atoms with Crippen molar-refractivity contribution in [3.8, 4) is 6.07 Å². The van der Waals surface area contributed by atoms with Crippen molar-refractivity contribution in [3.05, 3.63) is 47.3 Å². The van der Waals surface area contributed by atoms with E-state index in [1.165, 1.54) is 82.6 Å². The average molecular weight is 406 g/mol. The lowest BCUT2D eigenvalue weighted by Crippen LogP contribution is -2.30.